The van der Waals surface area contributed by atoms with Gasteiger partial charge in [0.25, 0.3) is 0 Å². The van der Waals surface area contributed by atoms with Crippen LogP contribution < -0.4 is 5.73 Å². The van der Waals surface area contributed by atoms with Crippen LogP contribution >= 0.6 is 7.60 Å². The predicted molar refractivity (Wildman–Crippen MR) is 75.9 cm³/mol. The van der Waals surface area contributed by atoms with E-state index in [-0.39, 0.29) is 6.42 Å². The van der Waals surface area contributed by atoms with Gasteiger partial charge in [0.15, 0.2) is 0 Å². The Hall–Kier alpha value is -1.53. The van der Waals surface area contributed by atoms with Crippen molar-refractivity contribution in [3.05, 3.63) is 35.9 Å². The molecule has 0 aromatic heterocycles. The summed E-state index contributed by atoms with van der Waals surface area (Å²) in [6, 6.07) is 9.03. The average Bonchev–Trinajstić information content (AvgIpc) is 2.35. The van der Waals surface area contributed by atoms with Gasteiger partial charge in [-0.1, -0.05) is 30.3 Å². The summed E-state index contributed by atoms with van der Waals surface area (Å²) in [5, 5.41) is 9.19. The average molecular weight is 315 g/mol. The molecule has 1 rings (SSSR count). The van der Waals surface area contributed by atoms with Crippen LogP contribution in [-0.2, 0) is 20.6 Å². The third kappa shape index (κ3) is 6.18. The van der Waals surface area contributed by atoms with Gasteiger partial charge in [-0.05, 0) is 18.4 Å². The fourth-order valence-electron chi connectivity index (χ4n) is 1.92. The van der Waals surface area contributed by atoms with Gasteiger partial charge in [-0.15, -0.1) is 0 Å². The zero-order valence-corrected chi connectivity index (χ0v) is 12.2. The summed E-state index contributed by atoms with van der Waals surface area (Å²) in [5.74, 6) is -2.22. The molecule has 5 N–H and O–H groups in total. The lowest BCUT2D eigenvalue weighted by Crippen LogP contribution is -2.50. The van der Waals surface area contributed by atoms with E-state index in [9.17, 15) is 19.3 Å². The van der Waals surface area contributed by atoms with Crippen LogP contribution in [0, 0.1) is 0 Å². The van der Waals surface area contributed by atoms with Crippen molar-refractivity contribution in [2.45, 2.75) is 24.8 Å². The first-order valence-corrected chi connectivity index (χ1v) is 8.05. The quantitative estimate of drug-likeness (QED) is 0.513. The van der Waals surface area contributed by atoms with Gasteiger partial charge in [0.1, 0.15) is 17.5 Å². The number of carbonyl (C=O) groups excluding carboxylic acids is 1. The lowest BCUT2D eigenvalue weighted by atomic mass is 9.87. The number of hydrogen-bond donors (Lipinski definition) is 4. The maximum atomic E-state index is 11.6. The highest BCUT2D eigenvalue weighted by Gasteiger charge is 2.37. The van der Waals surface area contributed by atoms with E-state index >= 15 is 0 Å². The molecule has 0 saturated heterocycles. The molecule has 0 spiro atoms. The summed E-state index contributed by atoms with van der Waals surface area (Å²) in [4.78, 5) is 40.3. The van der Waals surface area contributed by atoms with E-state index < -0.39 is 37.5 Å². The zero-order valence-electron chi connectivity index (χ0n) is 11.3. The van der Waals surface area contributed by atoms with Crippen molar-refractivity contribution in [3.8, 4) is 0 Å². The smallest absolute Gasteiger partial charge is 0.332 e. The van der Waals surface area contributed by atoms with Crippen molar-refractivity contribution in [1.82, 2.24) is 0 Å². The van der Waals surface area contributed by atoms with Crippen LogP contribution in [-0.4, -0.2) is 38.3 Å². The summed E-state index contributed by atoms with van der Waals surface area (Å²) in [6.45, 7) is 0. The van der Waals surface area contributed by atoms with Gasteiger partial charge in [-0.25, -0.2) is 0 Å². The number of hydrogen-bond acceptors (Lipinski definition) is 4. The van der Waals surface area contributed by atoms with Crippen LogP contribution in [0.2, 0.25) is 0 Å². The summed E-state index contributed by atoms with van der Waals surface area (Å²) in [6.07, 6.45) is -1.25. The van der Waals surface area contributed by atoms with Gasteiger partial charge >= 0.3 is 13.6 Å². The van der Waals surface area contributed by atoms with Gasteiger partial charge in [-0.3, -0.25) is 14.2 Å². The number of benzene rings is 1. The predicted octanol–water partition coefficient (Wildman–Crippen LogP) is 0.538. The second-order valence-electron chi connectivity index (χ2n) is 4.99. The van der Waals surface area contributed by atoms with Crippen molar-refractivity contribution in [1.29, 1.82) is 0 Å². The Labute approximate surface area is 121 Å². The number of carboxylic acids is 1. The molecule has 8 heteroatoms. The summed E-state index contributed by atoms with van der Waals surface area (Å²) in [7, 11) is -4.51. The first-order chi connectivity index (χ1) is 9.62. The molecule has 0 fully saturated rings. The van der Waals surface area contributed by atoms with Crippen LogP contribution in [0.3, 0.4) is 0 Å². The van der Waals surface area contributed by atoms with Crippen LogP contribution in [0.4, 0.5) is 0 Å². The molecule has 0 aliphatic heterocycles. The number of aryl methyl sites for hydroxylation is 1. The molecule has 0 unspecified atom stereocenters. The molecule has 0 amide bonds. The molecular weight excluding hydrogens is 297 g/mol. The highest BCUT2D eigenvalue weighted by Crippen LogP contribution is 2.35. The second kappa shape index (κ2) is 6.95. The Morgan fingerprint density at radius 3 is 2.24 bits per heavy atom. The van der Waals surface area contributed by atoms with Crippen molar-refractivity contribution >= 4 is 19.3 Å². The molecule has 1 atom stereocenters. The topological polar surface area (TPSA) is 138 Å². The molecular formula is C13H18NO6P. The van der Waals surface area contributed by atoms with E-state index in [0.29, 0.717) is 6.42 Å². The van der Waals surface area contributed by atoms with E-state index in [1.807, 2.05) is 6.07 Å². The first-order valence-electron chi connectivity index (χ1n) is 6.25. The zero-order chi connectivity index (χ0) is 16.1. The monoisotopic (exact) mass is 315 g/mol. The lowest BCUT2D eigenvalue weighted by molar-refractivity contribution is -0.145. The van der Waals surface area contributed by atoms with Crippen LogP contribution in [0.25, 0.3) is 0 Å². The molecule has 7 nitrogen and oxygen atoms in total. The maximum absolute atomic E-state index is 11.6. The Morgan fingerprint density at radius 1 is 1.19 bits per heavy atom. The Bertz CT molecular complexity index is 555. The molecule has 0 saturated carbocycles. The van der Waals surface area contributed by atoms with Crippen LogP contribution in [0.1, 0.15) is 18.4 Å². The van der Waals surface area contributed by atoms with Crippen molar-refractivity contribution < 1.29 is 29.0 Å². The van der Waals surface area contributed by atoms with Gasteiger partial charge in [0.2, 0.25) is 0 Å². The van der Waals surface area contributed by atoms with Gasteiger partial charge in [-0.2, -0.15) is 0 Å². The lowest BCUT2D eigenvalue weighted by Gasteiger charge is -2.24. The van der Waals surface area contributed by atoms with E-state index in [0.717, 1.165) is 5.56 Å². The number of Topliss-reactive ketones (excluding diaryl/α,β-unsaturated/α-hetero) is 1. The Morgan fingerprint density at radius 2 is 1.76 bits per heavy atom. The Kier molecular flexibility index (Phi) is 5.80. The molecule has 0 aliphatic rings. The SMILES string of the molecule is N[C@@](CCc1ccccc1)(CC(=O)CP(=O)(O)O)C(=O)O. The number of carbonyl (C=O) groups is 2. The molecule has 0 radical (unpaired) electrons. The first kappa shape index (κ1) is 17.5. The third-order valence-electron chi connectivity index (χ3n) is 3.02. The van der Waals surface area contributed by atoms with Gasteiger partial charge in [0, 0.05) is 6.42 Å². The Balaban J connectivity index is 2.72. The minimum absolute atomic E-state index is 0.000749. The minimum atomic E-state index is -4.51. The summed E-state index contributed by atoms with van der Waals surface area (Å²) >= 11 is 0. The summed E-state index contributed by atoms with van der Waals surface area (Å²) in [5.41, 5.74) is 4.78. The standard InChI is InChI=1S/C13H18NO6P/c14-13(12(16)17,8-11(15)9-21(18,19)20)7-6-10-4-2-1-3-5-10/h1-5H,6-9,14H2,(H,16,17)(H2,18,19,20)/t13-/m0/s1. The normalized spacial score (nSPS) is 14.4. The number of ketones is 1. The molecule has 1 aromatic carbocycles. The van der Waals surface area contributed by atoms with Crippen LogP contribution in [0.5, 0.6) is 0 Å². The summed E-state index contributed by atoms with van der Waals surface area (Å²) < 4.78 is 10.8. The van der Waals surface area contributed by atoms with Crippen molar-refractivity contribution in [3.63, 3.8) is 0 Å². The fraction of sp³-hybridized carbons (Fsp3) is 0.385. The fourth-order valence-corrected chi connectivity index (χ4v) is 2.49. The molecule has 0 heterocycles. The van der Waals surface area contributed by atoms with E-state index in [2.05, 4.69) is 0 Å². The largest absolute Gasteiger partial charge is 0.480 e. The second-order valence-corrected chi connectivity index (χ2v) is 6.63. The number of rotatable bonds is 8. The van der Waals surface area contributed by atoms with Crippen molar-refractivity contribution in [2.24, 2.45) is 5.73 Å². The molecule has 0 aliphatic carbocycles. The molecule has 116 valence electrons. The highest BCUT2D eigenvalue weighted by atomic mass is 31.2. The van der Waals surface area contributed by atoms with E-state index in [4.69, 9.17) is 15.5 Å². The van der Waals surface area contributed by atoms with E-state index in [1.165, 1.54) is 0 Å². The van der Waals surface area contributed by atoms with Gasteiger partial charge < -0.3 is 20.6 Å². The minimum Gasteiger partial charge on any atom is -0.480 e. The molecule has 21 heavy (non-hydrogen) atoms. The third-order valence-corrected chi connectivity index (χ3v) is 3.79. The number of carboxylic acid groups (broad SMARTS) is 1. The van der Waals surface area contributed by atoms with Gasteiger partial charge in [0.05, 0.1) is 0 Å². The van der Waals surface area contributed by atoms with E-state index in [1.54, 1.807) is 24.3 Å². The van der Waals surface area contributed by atoms with Crippen molar-refractivity contribution in [2.75, 3.05) is 6.16 Å². The molecule has 0 bridgehead atoms. The number of nitrogens with two attached hydrogens (primary N) is 1. The molecule has 1 aromatic rings. The highest BCUT2D eigenvalue weighted by molar-refractivity contribution is 7.52. The maximum Gasteiger partial charge on any atom is 0.332 e. The van der Waals surface area contributed by atoms with Crippen LogP contribution in [0.15, 0.2) is 30.3 Å². The number of aliphatic carboxylic acids is 1.